The van der Waals surface area contributed by atoms with Crippen molar-refractivity contribution in [1.82, 2.24) is 4.90 Å². The first kappa shape index (κ1) is 19.5. The van der Waals surface area contributed by atoms with Crippen LogP contribution in [0.4, 0.5) is 0 Å². The minimum Gasteiger partial charge on any atom is -0.486 e. The van der Waals surface area contributed by atoms with E-state index in [2.05, 4.69) is 11.0 Å². The largest absolute Gasteiger partial charge is 0.486 e. The van der Waals surface area contributed by atoms with E-state index >= 15 is 0 Å². The molecule has 1 saturated heterocycles. The highest BCUT2D eigenvalue weighted by Gasteiger charge is 2.27. The Labute approximate surface area is 167 Å². The van der Waals surface area contributed by atoms with Gasteiger partial charge in [0.1, 0.15) is 26.3 Å². The van der Waals surface area contributed by atoms with Gasteiger partial charge in [-0.05, 0) is 30.5 Å². The number of carbonyl (C=O) groups excluding carboxylic acids is 1. The average Bonchev–Trinajstić information content (AvgIpc) is 2.77. The molecule has 6 heteroatoms. The Morgan fingerprint density at radius 3 is 2.54 bits per heavy atom. The van der Waals surface area contributed by atoms with Gasteiger partial charge in [0.05, 0.1) is 26.3 Å². The Bertz CT molecular complexity index is 654. The van der Waals surface area contributed by atoms with Crippen molar-refractivity contribution in [3.63, 3.8) is 0 Å². The second-order valence-corrected chi connectivity index (χ2v) is 8.19. The first-order valence-electron chi connectivity index (χ1n) is 10.9. The minimum atomic E-state index is 0.200. The molecule has 2 fully saturated rings. The number of amides is 1. The van der Waals surface area contributed by atoms with E-state index in [0.29, 0.717) is 25.7 Å². The van der Waals surface area contributed by atoms with Gasteiger partial charge in [0.25, 0.3) is 0 Å². The first-order chi connectivity index (χ1) is 13.8. The molecule has 2 heterocycles. The number of ether oxygens (including phenoxy) is 3. The zero-order valence-electron chi connectivity index (χ0n) is 16.8. The van der Waals surface area contributed by atoms with Gasteiger partial charge in [0.2, 0.25) is 5.91 Å². The Balaban J connectivity index is 1.44. The summed E-state index contributed by atoms with van der Waals surface area (Å²) in [4.78, 5) is 16.9. The predicted octanol–water partition coefficient (Wildman–Crippen LogP) is 1.28. The molecular formula is C22H33N2O4+. The van der Waals surface area contributed by atoms with Gasteiger partial charge < -0.3 is 24.0 Å². The van der Waals surface area contributed by atoms with E-state index in [9.17, 15) is 4.79 Å². The van der Waals surface area contributed by atoms with Crippen LogP contribution in [-0.4, -0.2) is 63.4 Å². The van der Waals surface area contributed by atoms with E-state index in [4.69, 9.17) is 14.2 Å². The molecule has 28 heavy (non-hydrogen) atoms. The summed E-state index contributed by atoms with van der Waals surface area (Å²) < 4.78 is 16.8. The maximum Gasteiger partial charge on any atom is 0.226 e. The average molecular weight is 390 g/mol. The highest BCUT2D eigenvalue weighted by atomic mass is 16.6. The number of nitrogens with zero attached hydrogens (tertiary/aromatic N) is 1. The number of carbonyl (C=O) groups is 1. The summed E-state index contributed by atoms with van der Waals surface area (Å²) in [7, 11) is 0. The smallest absolute Gasteiger partial charge is 0.226 e. The van der Waals surface area contributed by atoms with Crippen molar-refractivity contribution in [2.75, 3.05) is 52.6 Å². The van der Waals surface area contributed by atoms with Gasteiger partial charge in [0.15, 0.2) is 11.5 Å². The standard InChI is InChI=1S/C22H32N2O4/c25-22(19-4-2-1-3-5-19)24(9-8-23-10-12-26-13-11-23)17-18-6-7-20-21(16-18)28-15-14-27-20/h6-7,16,19H,1-5,8-15,17H2/p+1. The minimum absolute atomic E-state index is 0.200. The summed E-state index contributed by atoms with van der Waals surface area (Å²) in [5.41, 5.74) is 1.12. The molecule has 1 amide bonds. The van der Waals surface area contributed by atoms with Crippen LogP contribution >= 0.6 is 0 Å². The van der Waals surface area contributed by atoms with Crippen molar-refractivity contribution in [1.29, 1.82) is 0 Å². The van der Waals surface area contributed by atoms with E-state index in [1.165, 1.54) is 24.2 Å². The summed E-state index contributed by atoms with van der Waals surface area (Å²) in [5, 5.41) is 0. The molecule has 0 aromatic heterocycles. The molecule has 2 aliphatic heterocycles. The van der Waals surface area contributed by atoms with E-state index < -0.39 is 0 Å². The van der Waals surface area contributed by atoms with E-state index in [-0.39, 0.29) is 5.92 Å². The lowest BCUT2D eigenvalue weighted by Gasteiger charge is -2.31. The van der Waals surface area contributed by atoms with Gasteiger partial charge in [-0.25, -0.2) is 0 Å². The molecule has 1 saturated carbocycles. The third-order valence-electron chi connectivity index (χ3n) is 6.18. The number of quaternary nitrogens is 1. The van der Waals surface area contributed by atoms with Gasteiger partial charge >= 0.3 is 0 Å². The number of nitrogens with one attached hydrogen (secondary N) is 1. The van der Waals surface area contributed by atoms with Crippen LogP contribution in [0, 0.1) is 5.92 Å². The fraction of sp³-hybridized carbons (Fsp3) is 0.682. The molecule has 0 atom stereocenters. The highest BCUT2D eigenvalue weighted by Crippen LogP contribution is 2.32. The molecule has 3 aliphatic rings. The Morgan fingerprint density at radius 2 is 1.75 bits per heavy atom. The Hall–Kier alpha value is -1.79. The van der Waals surface area contributed by atoms with Crippen molar-refractivity contribution in [2.24, 2.45) is 5.92 Å². The number of morpholine rings is 1. The first-order valence-corrected chi connectivity index (χ1v) is 10.9. The summed E-state index contributed by atoms with van der Waals surface area (Å²) in [6, 6.07) is 6.08. The number of rotatable bonds is 6. The van der Waals surface area contributed by atoms with Crippen molar-refractivity contribution >= 4 is 5.91 Å². The monoisotopic (exact) mass is 389 g/mol. The molecule has 154 valence electrons. The van der Waals surface area contributed by atoms with Gasteiger partial charge in [0, 0.05) is 12.5 Å². The quantitative estimate of drug-likeness (QED) is 0.797. The summed E-state index contributed by atoms with van der Waals surface area (Å²) in [5.74, 6) is 2.14. The van der Waals surface area contributed by atoms with Crippen molar-refractivity contribution in [2.45, 2.75) is 38.6 Å². The summed E-state index contributed by atoms with van der Waals surface area (Å²) in [6.07, 6.45) is 5.72. The van der Waals surface area contributed by atoms with Gasteiger partial charge in [-0.15, -0.1) is 0 Å². The molecule has 0 spiro atoms. The third kappa shape index (κ3) is 4.97. The molecular weight excluding hydrogens is 356 g/mol. The highest BCUT2D eigenvalue weighted by molar-refractivity contribution is 5.79. The van der Waals surface area contributed by atoms with Crippen LogP contribution in [0.1, 0.15) is 37.7 Å². The molecule has 4 rings (SSSR count). The number of fused-ring (bicyclic) bond motifs is 1. The second-order valence-electron chi connectivity index (χ2n) is 8.19. The molecule has 1 aliphatic carbocycles. The van der Waals surface area contributed by atoms with E-state index in [0.717, 1.165) is 69.3 Å². The van der Waals surface area contributed by atoms with Crippen LogP contribution in [-0.2, 0) is 16.1 Å². The lowest BCUT2D eigenvalue weighted by atomic mass is 9.88. The molecule has 0 unspecified atom stereocenters. The zero-order chi connectivity index (χ0) is 19.2. The number of benzene rings is 1. The van der Waals surface area contributed by atoms with Crippen LogP contribution in [0.15, 0.2) is 18.2 Å². The summed E-state index contributed by atoms with van der Waals surface area (Å²) in [6.45, 7) is 7.36. The van der Waals surface area contributed by atoms with Gasteiger partial charge in [-0.1, -0.05) is 25.3 Å². The van der Waals surface area contributed by atoms with E-state index in [1.807, 2.05) is 12.1 Å². The Morgan fingerprint density at radius 1 is 1.00 bits per heavy atom. The molecule has 1 N–H and O–H groups in total. The van der Waals surface area contributed by atoms with Crippen molar-refractivity contribution in [3.8, 4) is 11.5 Å². The SMILES string of the molecule is O=C(C1CCCCC1)N(CC[NH+]1CCOCC1)Cc1ccc2c(c1)OCCO2. The molecule has 6 nitrogen and oxygen atoms in total. The predicted molar refractivity (Wildman–Crippen MR) is 106 cm³/mol. The molecule has 1 aromatic rings. The lowest BCUT2D eigenvalue weighted by molar-refractivity contribution is -0.907. The molecule has 0 bridgehead atoms. The third-order valence-corrected chi connectivity index (χ3v) is 6.18. The number of hydrogen-bond donors (Lipinski definition) is 1. The van der Waals surface area contributed by atoms with Crippen LogP contribution in [0.25, 0.3) is 0 Å². The van der Waals surface area contributed by atoms with Crippen LogP contribution in [0.3, 0.4) is 0 Å². The van der Waals surface area contributed by atoms with Crippen molar-refractivity contribution in [3.05, 3.63) is 23.8 Å². The molecule has 0 radical (unpaired) electrons. The Kier molecular flexibility index (Phi) is 6.70. The van der Waals surface area contributed by atoms with Crippen LogP contribution in [0.5, 0.6) is 11.5 Å². The maximum atomic E-state index is 13.3. The van der Waals surface area contributed by atoms with E-state index in [1.54, 1.807) is 0 Å². The normalized spacial score (nSPS) is 20.7. The van der Waals surface area contributed by atoms with Gasteiger partial charge in [-0.2, -0.15) is 0 Å². The zero-order valence-corrected chi connectivity index (χ0v) is 16.8. The van der Waals surface area contributed by atoms with Crippen LogP contribution in [0.2, 0.25) is 0 Å². The van der Waals surface area contributed by atoms with Crippen molar-refractivity contribution < 1.29 is 23.9 Å². The summed E-state index contributed by atoms with van der Waals surface area (Å²) >= 11 is 0. The van der Waals surface area contributed by atoms with Crippen LogP contribution < -0.4 is 14.4 Å². The second kappa shape index (κ2) is 9.61. The topological polar surface area (TPSA) is 52.4 Å². The number of hydrogen-bond acceptors (Lipinski definition) is 4. The van der Waals surface area contributed by atoms with Gasteiger partial charge in [-0.3, -0.25) is 4.79 Å². The fourth-order valence-corrected chi connectivity index (χ4v) is 4.48. The maximum absolute atomic E-state index is 13.3. The molecule has 1 aromatic carbocycles. The fourth-order valence-electron chi connectivity index (χ4n) is 4.48. The lowest BCUT2D eigenvalue weighted by Crippen LogP contribution is -3.14.